The number of amides is 2. The summed E-state index contributed by atoms with van der Waals surface area (Å²) in [5, 5.41) is 3.19. The Morgan fingerprint density at radius 3 is 3.05 bits per heavy atom. The van der Waals surface area contributed by atoms with Crippen molar-refractivity contribution in [2.24, 2.45) is 0 Å². The van der Waals surface area contributed by atoms with E-state index in [4.69, 9.17) is 4.74 Å². The number of esters is 1. The average Bonchev–Trinajstić information content (AvgIpc) is 3.09. The van der Waals surface area contributed by atoms with Crippen molar-refractivity contribution in [2.75, 3.05) is 32.6 Å². The first-order valence-electron chi connectivity index (χ1n) is 6.71. The molecule has 0 spiro atoms. The first-order valence-corrected chi connectivity index (χ1v) is 7.70. The lowest BCUT2D eigenvalue weighted by molar-refractivity contribution is -0.135. The number of methoxy groups -OCH3 is 1. The normalized spacial score (nSPS) is 23.7. The highest BCUT2D eigenvalue weighted by molar-refractivity contribution is 8.04. The number of ether oxygens (including phenoxy) is 2. The van der Waals surface area contributed by atoms with Gasteiger partial charge in [0.1, 0.15) is 6.54 Å². The summed E-state index contributed by atoms with van der Waals surface area (Å²) in [5.74, 6) is -0.779. The first-order chi connectivity index (χ1) is 10.1. The van der Waals surface area contributed by atoms with E-state index in [0.717, 1.165) is 19.4 Å². The van der Waals surface area contributed by atoms with E-state index in [1.807, 2.05) is 0 Å². The minimum atomic E-state index is -0.544. The minimum Gasteiger partial charge on any atom is -0.466 e. The van der Waals surface area contributed by atoms with E-state index in [-0.39, 0.29) is 30.2 Å². The number of nitrogens with zero attached hydrogens (tertiary/aromatic N) is 1. The summed E-state index contributed by atoms with van der Waals surface area (Å²) >= 11 is 1.22. The van der Waals surface area contributed by atoms with Crippen LogP contribution in [0.3, 0.4) is 0 Å². The molecule has 0 saturated carbocycles. The molecule has 2 saturated heterocycles. The van der Waals surface area contributed by atoms with Crippen LogP contribution >= 0.6 is 11.8 Å². The van der Waals surface area contributed by atoms with E-state index < -0.39 is 5.97 Å². The molecule has 2 aliphatic heterocycles. The second-order valence-corrected chi connectivity index (χ2v) is 5.71. The Morgan fingerprint density at radius 2 is 2.38 bits per heavy atom. The van der Waals surface area contributed by atoms with Gasteiger partial charge in [-0.3, -0.25) is 14.5 Å². The molecular formula is C13H18N2O5S. The highest BCUT2D eigenvalue weighted by atomic mass is 32.2. The predicted octanol–water partition coefficient (Wildman–Crippen LogP) is -0.129. The molecule has 2 amide bonds. The van der Waals surface area contributed by atoms with Gasteiger partial charge >= 0.3 is 5.97 Å². The van der Waals surface area contributed by atoms with Gasteiger partial charge in [-0.15, -0.1) is 0 Å². The molecule has 0 bridgehead atoms. The fourth-order valence-corrected chi connectivity index (χ4v) is 3.02. The van der Waals surface area contributed by atoms with Crippen LogP contribution in [-0.2, 0) is 23.9 Å². The summed E-state index contributed by atoms with van der Waals surface area (Å²) in [4.78, 5) is 36.2. The van der Waals surface area contributed by atoms with Crippen LogP contribution < -0.4 is 5.32 Å². The fourth-order valence-electron chi connectivity index (χ4n) is 2.09. The van der Waals surface area contributed by atoms with Crippen LogP contribution in [0.1, 0.15) is 12.8 Å². The second-order valence-electron chi connectivity index (χ2n) is 4.71. The summed E-state index contributed by atoms with van der Waals surface area (Å²) in [7, 11) is 1.26. The highest BCUT2D eigenvalue weighted by Crippen LogP contribution is 2.28. The first kappa shape index (κ1) is 15.8. The van der Waals surface area contributed by atoms with Gasteiger partial charge in [-0.2, -0.15) is 0 Å². The Balaban J connectivity index is 1.86. The number of hydrogen-bond acceptors (Lipinski definition) is 6. The molecule has 8 heteroatoms. The molecule has 7 nitrogen and oxygen atoms in total. The number of rotatable bonds is 5. The Labute approximate surface area is 127 Å². The summed E-state index contributed by atoms with van der Waals surface area (Å²) in [5.41, 5.74) is 0. The molecule has 2 fully saturated rings. The van der Waals surface area contributed by atoms with E-state index in [0.29, 0.717) is 11.6 Å². The zero-order valence-corrected chi connectivity index (χ0v) is 12.6. The van der Waals surface area contributed by atoms with E-state index in [2.05, 4.69) is 10.1 Å². The molecule has 0 radical (unpaired) electrons. The summed E-state index contributed by atoms with van der Waals surface area (Å²) in [6.45, 7) is 1.08. The molecule has 2 heterocycles. The lowest BCUT2D eigenvalue weighted by atomic mass is 10.2. The van der Waals surface area contributed by atoms with Crippen molar-refractivity contribution < 1.29 is 23.9 Å². The lowest BCUT2D eigenvalue weighted by Crippen LogP contribution is -2.40. The molecule has 2 aliphatic rings. The molecule has 116 valence electrons. The van der Waals surface area contributed by atoms with E-state index in [9.17, 15) is 14.4 Å². The Morgan fingerprint density at radius 1 is 1.57 bits per heavy atom. The zero-order valence-electron chi connectivity index (χ0n) is 11.8. The molecule has 0 aromatic heterocycles. The summed E-state index contributed by atoms with van der Waals surface area (Å²) in [6, 6.07) is 0. The average molecular weight is 314 g/mol. The second kappa shape index (κ2) is 7.46. The van der Waals surface area contributed by atoms with Crippen molar-refractivity contribution in [3.05, 3.63) is 11.1 Å². The van der Waals surface area contributed by atoms with Crippen molar-refractivity contribution >= 4 is 29.5 Å². The van der Waals surface area contributed by atoms with Crippen LogP contribution in [0, 0.1) is 0 Å². The number of carbonyl (C=O) groups is 3. The number of carbonyl (C=O) groups excluding carboxylic acids is 3. The van der Waals surface area contributed by atoms with Gasteiger partial charge in [0.25, 0.3) is 0 Å². The van der Waals surface area contributed by atoms with E-state index in [1.165, 1.54) is 29.8 Å². The van der Waals surface area contributed by atoms with Crippen molar-refractivity contribution in [3.8, 4) is 0 Å². The highest BCUT2D eigenvalue weighted by Gasteiger charge is 2.29. The third-order valence-electron chi connectivity index (χ3n) is 3.21. The number of thioether (sulfide) groups is 1. The van der Waals surface area contributed by atoms with Gasteiger partial charge < -0.3 is 14.8 Å². The van der Waals surface area contributed by atoms with Crippen LogP contribution in [-0.4, -0.2) is 61.3 Å². The monoisotopic (exact) mass is 314 g/mol. The van der Waals surface area contributed by atoms with E-state index >= 15 is 0 Å². The standard InChI is InChI=1S/C13H18N2O5S/c1-19-13(18)5-12-15(11(17)8-21-12)7-10(16)14-6-9-3-2-4-20-9/h5,9H,2-4,6-8H2,1H3,(H,14,16). The van der Waals surface area contributed by atoms with Crippen molar-refractivity contribution in [1.29, 1.82) is 0 Å². The molecular weight excluding hydrogens is 296 g/mol. The van der Waals surface area contributed by atoms with Crippen molar-refractivity contribution in [2.45, 2.75) is 18.9 Å². The van der Waals surface area contributed by atoms with Gasteiger partial charge in [0, 0.05) is 13.2 Å². The third-order valence-corrected chi connectivity index (χ3v) is 4.23. The van der Waals surface area contributed by atoms with Crippen LogP contribution in [0.5, 0.6) is 0 Å². The van der Waals surface area contributed by atoms with Gasteiger partial charge in [-0.05, 0) is 12.8 Å². The van der Waals surface area contributed by atoms with Gasteiger partial charge in [0.15, 0.2) is 0 Å². The molecule has 0 aromatic carbocycles. The lowest BCUT2D eigenvalue weighted by Gasteiger charge is -2.17. The molecule has 0 aliphatic carbocycles. The molecule has 1 atom stereocenters. The molecule has 21 heavy (non-hydrogen) atoms. The predicted molar refractivity (Wildman–Crippen MR) is 76.3 cm³/mol. The Kier molecular flexibility index (Phi) is 5.63. The van der Waals surface area contributed by atoms with Gasteiger partial charge in [0.05, 0.1) is 30.1 Å². The maximum atomic E-state index is 11.9. The summed E-state index contributed by atoms with van der Waals surface area (Å²) in [6.07, 6.45) is 3.23. The SMILES string of the molecule is COC(=O)C=C1SCC(=O)N1CC(=O)NCC1CCCO1. The van der Waals surface area contributed by atoms with Crippen LogP contribution in [0.25, 0.3) is 0 Å². The Hall–Kier alpha value is -1.54. The van der Waals surface area contributed by atoms with Crippen LogP contribution in [0.4, 0.5) is 0 Å². The van der Waals surface area contributed by atoms with Crippen LogP contribution in [0.15, 0.2) is 11.1 Å². The van der Waals surface area contributed by atoms with Gasteiger partial charge in [0.2, 0.25) is 11.8 Å². The van der Waals surface area contributed by atoms with Crippen molar-refractivity contribution in [1.82, 2.24) is 10.2 Å². The van der Waals surface area contributed by atoms with Crippen LogP contribution in [0.2, 0.25) is 0 Å². The van der Waals surface area contributed by atoms with Gasteiger partial charge in [-0.1, -0.05) is 11.8 Å². The zero-order chi connectivity index (χ0) is 15.2. The largest absolute Gasteiger partial charge is 0.466 e. The maximum Gasteiger partial charge on any atom is 0.333 e. The smallest absolute Gasteiger partial charge is 0.333 e. The quantitative estimate of drug-likeness (QED) is 0.562. The van der Waals surface area contributed by atoms with Crippen molar-refractivity contribution in [3.63, 3.8) is 0 Å². The molecule has 1 unspecified atom stereocenters. The minimum absolute atomic E-state index is 0.0580. The third kappa shape index (κ3) is 4.47. The number of hydrogen-bond donors (Lipinski definition) is 1. The molecule has 1 N–H and O–H groups in total. The molecule has 2 rings (SSSR count). The maximum absolute atomic E-state index is 11.9. The van der Waals surface area contributed by atoms with E-state index in [1.54, 1.807) is 0 Å². The fraction of sp³-hybridized carbons (Fsp3) is 0.615. The van der Waals surface area contributed by atoms with Gasteiger partial charge in [-0.25, -0.2) is 4.79 Å². The molecule has 0 aromatic rings. The topological polar surface area (TPSA) is 84.9 Å². The number of nitrogens with one attached hydrogen (secondary N) is 1. The summed E-state index contributed by atoms with van der Waals surface area (Å²) < 4.78 is 9.94. The Bertz CT molecular complexity index is 459.